The zero-order valence-corrected chi connectivity index (χ0v) is 34.2. The second-order valence-electron chi connectivity index (χ2n) is 16.2. The summed E-state index contributed by atoms with van der Waals surface area (Å²) in [4.78, 5) is 8.71. The van der Waals surface area contributed by atoms with Crippen molar-refractivity contribution in [2.24, 2.45) is 0 Å². The molecule has 0 atom stereocenters. The number of pyridine rings is 2. The monoisotopic (exact) mass is 736 g/mol. The van der Waals surface area contributed by atoms with Crippen LogP contribution >= 0.6 is 23.2 Å². The SMILES string of the molecule is CC(C)(C)[Si](C)(C)Oc1c(-c2ccncc2)cc2cc(Cl)ccc2c1-c1c(O[Si](C)(C)C(C)(C)C)c(-c2ccncc2)cc2cc(Cl)ccc12. The van der Waals surface area contributed by atoms with Gasteiger partial charge in [0, 0.05) is 57.1 Å². The predicted octanol–water partition coefficient (Wildman–Crippen LogP) is 13.9. The molecule has 0 unspecified atom stereocenters. The third-order valence-corrected chi connectivity index (χ3v) is 19.8. The van der Waals surface area contributed by atoms with Crippen LogP contribution in [0.5, 0.6) is 11.5 Å². The van der Waals surface area contributed by atoms with Crippen LogP contribution < -0.4 is 8.85 Å². The van der Waals surface area contributed by atoms with Gasteiger partial charge in [-0.15, -0.1) is 0 Å². The lowest BCUT2D eigenvalue weighted by Crippen LogP contribution is -2.44. The summed E-state index contributed by atoms with van der Waals surface area (Å²) in [5, 5.41) is 5.29. The molecule has 0 amide bonds. The van der Waals surface area contributed by atoms with E-state index in [0.717, 1.165) is 66.4 Å². The highest BCUT2D eigenvalue weighted by molar-refractivity contribution is 6.75. The normalized spacial score (nSPS) is 12.8. The second kappa shape index (κ2) is 13.1. The lowest BCUT2D eigenvalue weighted by molar-refractivity contribution is 0.490. The van der Waals surface area contributed by atoms with Crippen molar-refractivity contribution >= 4 is 61.4 Å². The van der Waals surface area contributed by atoms with Gasteiger partial charge in [0.2, 0.25) is 0 Å². The Bertz CT molecular complexity index is 2050. The van der Waals surface area contributed by atoms with Crippen molar-refractivity contribution in [3.8, 4) is 44.9 Å². The highest BCUT2D eigenvalue weighted by atomic mass is 35.5. The number of hydrogen-bond acceptors (Lipinski definition) is 4. The molecule has 0 radical (unpaired) electrons. The molecule has 6 aromatic rings. The van der Waals surface area contributed by atoms with Gasteiger partial charge >= 0.3 is 0 Å². The molecule has 0 aliphatic carbocycles. The van der Waals surface area contributed by atoms with Crippen molar-refractivity contribution in [3.05, 3.63) is 108 Å². The fourth-order valence-electron chi connectivity index (χ4n) is 5.73. The first-order valence-corrected chi connectivity index (χ1v) is 23.7. The maximum Gasteiger partial charge on any atom is 0.250 e. The molecule has 0 spiro atoms. The minimum Gasteiger partial charge on any atom is -0.543 e. The van der Waals surface area contributed by atoms with E-state index in [4.69, 9.17) is 32.1 Å². The average molecular weight is 738 g/mol. The van der Waals surface area contributed by atoms with E-state index in [0.29, 0.717) is 10.0 Å². The Morgan fingerprint density at radius 1 is 0.500 bits per heavy atom. The van der Waals surface area contributed by atoms with Gasteiger partial charge in [-0.3, -0.25) is 9.97 Å². The number of rotatable bonds is 7. The second-order valence-corrected chi connectivity index (χ2v) is 26.5. The highest BCUT2D eigenvalue weighted by Crippen LogP contribution is 2.55. The first-order valence-electron chi connectivity index (χ1n) is 17.1. The third kappa shape index (κ3) is 6.83. The maximum atomic E-state index is 7.55. The molecule has 0 saturated heterocycles. The average Bonchev–Trinajstić information content (AvgIpc) is 3.04. The van der Waals surface area contributed by atoms with Crippen molar-refractivity contribution in [1.82, 2.24) is 9.97 Å². The van der Waals surface area contributed by atoms with Gasteiger partial charge in [0.25, 0.3) is 16.6 Å². The van der Waals surface area contributed by atoms with Crippen molar-refractivity contribution in [3.63, 3.8) is 0 Å². The van der Waals surface area contributed by atoms with Gasteiger partial charge in [0.15, 0.2) is 0 Å². The quantitative estimate of drug-likeness (QED) is 0.153. The maximum absolute atomic E-state index is 7.55. The van der Waals surface area contributed by atoms with E-state index in [1.54, 1.807) is 0 Å². The van der Waals surface area contributed by atoms with Crippen molar-refractivity contribution in [2.45, 2.75) is 77.8 Å². The zero-order chi connectivity index (χ0) is 36.2. The molecule has 0 saturated carbocycles. The van der Waals surface area contributed by atoms with Gasteiger partial charge < -0.3 is 8.85 Å². The molecule has 0 N–H and O–H groups in total. The van der Waals surface area contributed by atoms with Crippen LogP contribution in [0.4, 0.5) is 0 Å². The molecule has 8 heteroatoms. The van der Waals surface area contributed by atoms with Gasteiger partial charge in [-0.05, 0) is 130 Å². The van der Waals surface area contributed by atoms with Gasteiger partial charge in [-0.25, -0.2) is 0 Å². The van der Waals surface area contributed by atoms with E-state index >= 15 is 0 Å². The fraction of sp³-hybridized carbons (Fsp3) is 0.286. The molecule has 0 fully saturated rings. The van der Waals surface area contributed by atoms with E-state index in [2.05, 4.69) is 102 Å². The lowest BCUT2D eigenvalue weighted by atomic mass is 9.86. The largest absolute Gasteiger partial charge is 0.543 e. The lowest BCUT2D eigenvalue weighted by Gasteiger charge is -2.39. The van der Waals surface area contributed by atoms with Crippen LogP contribution in [-0.4, -0.2) is 26.6 Å². The number of aromatic nitrogens is 2. The minimum absolute atomic E-state index is 0.0658. The number of halogens is 2. The number of hydrogen-bond donors (Lipinski definition) is 0. The third-order valence-electron chi connectivity index (χ3n) is 10.7. The van der Waals surface area contributed by atoms with Gasteiger partial charge in [0.05, 0.1) is 0 Å². The molecule has 2 heterocycles. The summed E-state index contributed by atoms with van der Waals surface area (Å²) < 4.78 is 15.1. The summed E-state index contributed by atoms with van der Waals surface area (Å²) in [6.07, 6.45) is 7.34. The summed E-state index contributed by atoms with van der Waals surface area (Å²) in [5.74, 6) is 1.67. The van der Waals surface area contributed by atoms with E-state index in [9.17, 15) is 0 Å². The molecule has 0 aliphatic heterocycles. The summed E-state index contributed by atoms with van der Waals surface area (Å²) >= 11 is 13.5. The number of nitrogens with zero attached hydrogens (tertiary/aromatic N) is 2. The summed E-state index contributed by atoms with van der Waals surface area (Å²) in [5.41, 5.74) is 5.96. The van der Waals surface area contributed by atoms with Crippen LogP contribution in [0, 0.1) is 0 Å². The van der Waals surface area contributed by atoms with E-state index in [1.165, 1.54) is 0 Å². The smallest absolute Gasteiger partial charge is 0.250 e. The van der Waals surface area contributed by atoms with E-state index in [1.807, 2.05) is 73.3 Å². The molecule has 4 aromatic carbocycles. The number of fused-ring (bicyclic) bond motifs is 2. The standard InChI is InChI=1S/C42H46Cl2N2O2Si2/c1-41(2,3)49(7,8)47-39-35(27-15-19-45-20-16-27)25-29-23-31(43)11-13-33(29)37(39)38-34-14-12-32(44)24-30(34)26-36(28-17-21-46-22-18-28)40(38)48-50(9,10)42(4,5)6/h11-26H,1-10H3. The van der Waals surface area contributed by atoms with Crippen LogP contribution in [0.25, 0.3) is 54.9 Å². The predicted molar refractivity (Wildman–Crippen MR) is 219 cm³/mol. The van der Waals surface area contributed by atoms with Crippen molar-refractivity contribution < 1.29 is 8.85 Å². The van der Waals surface area contributed by atoms with Crippen LogP contribution in [0.1, 0.15) is 41.5 Å². The van der Waals surface area contributed by atoms with Gasteiger partial charge in [0.1, 0.15) is 11.5 Å². The van der Waals surface area contributed by atoms with Crippen molar-refractivity contribution in [2.75, 3.05) is 0 Å². The molecule has 0 bridgehead atoms. The van der Waals surface area contributed by atoms with Crippen LogP contribution in [0.15, 0.2) is 97.6 Å². The minimum atomic E-state index is -2.42. The zero-order valence-electron chi connectivity index (χ0n) is 30.7. The van der Waals surface area contributed by atoms with Crippen LogP contribution in [0.3, 0.4) is 0 Å². The Kier molecular flexibility index (Phi) is 9.49. The molecule has 6 rings (SSSR count). The van der Waals surface area contributed by atoms with Crippen LogP contribution in [0.2, 0.25) is 46.3 Å². The topological polar surface area (TPSA) is 44.2 Å². The molecule has 0 aliphatic rings. The Balaban J connectivity index is 1.90. The Morgan fingerprint density at radius 3 is 1.16 bits per heavy atom. The molecular weight excluding hydrogens is 692 g/mol. The Morgan fingerprint density at radius 2 is 0.840 bits per heavy atom. The van der Waals surface area contributed by atoms with Crippen LogP contribution in [-0.2, 0) is 0 Å². The molecule has 50 heavy (non-hydrogen) atoms. The van der Waals surface area contributed by atoms with Gasteiger partial charge in [-0.1, -0.05) is 76.9 Å². The first kappa shape index (κ1) is 36.1. The molecular formula is C42H46Cl2N2O2Si2. The van der Waals surface area contributed by atoms with Gasteiger partial charge in [-0.2, -0.15) is 0 Å². The molecule has 4 nitrogen and oxygen atoms in total. The Labute approximate surface area is 309 Å². The summed E-state index contributed by atoms with van der Waals surface area (Å²) in [7, 11) is -4.85. The number of benzene rings is 4. The fourth-order valence-corrected chi connectivity index (χ4v) is 8.15. The van der Waals surface area contributed by atoms with E-state index in [-0.39, 0.29) is 10.1 Å². The Hall–Kier alpha value is -3.69. The molecule has 258 valence electrons. The molecule has 2 aromatic heterocycles. The van der Waals surface area contributed by atoms with Crippen molar-refractivity contribution in [1.29, 1.82) is 0 Å². The highest BCUT2D eigenvalue weighted by Gasteiger charge is 2.43. The first-order chi connectivity index (χ1) is 23.4. The summed E-state index contributed by atoms with van der Waals surface area (Å²) in [6, 6.07) is 24.9. The summed E-state index contributed by atoms with van der Waals surface area (Å²) in [6.45, 7) is 22.9. The van der Waals surface area contributed by atoms with E-state index < -0.39 is 16.6 Å².